The zero-order valence-corrected chi connectivity index (χ0v) is 8.05. The number of pyridine rings is 1. The van der Waals surface area contributed by atoms with Crippen molar-refractivity contribution in [3.63, 3.8) is 0 Å². The number of halogens is 1. The van der Waals surface area contributed by atoms with E-state index in [1.807, 2.05) is 12.1 Å². The molecular weight excluding hydrogens is 172 g/mol. The number of nitrogens with two attached hydrogens (primary N) is 1. The largest absolute Gasteiger partial charge is 0.322 e. The molecule has 1 aromatic rings. The van der Waals surface area contributed by atoms with Crippen LogP contribution in [-0.4, -0.2) is 4.98 Å². The molecule has 2 nitrogen and oxygen atoms in total. The summed E-state index contributed by atoms with van der Waals surface area (Å²) < 4.78 is 0. The Morgan fingerprint density at radius 2 is 2.08 bits per heavy atom. The molecule has 1 heterocycles. The second-order valence-electron chi connectivity index (χ2n) is 3.15. The second kappa shape index (κ2) is 3.87. The summed E-state index contributed by atoms with van der Waals surface area (Å²) in [5.41, 5.74) is 6.74. The molecule has 0 aliphatic heterocycles. The van der Waals surface area contributed by atoms with E-state index in [0.717, 1.165) is 5.69 Å². The molecule has 0 amide bonds. The maximum absolute atomic E-state index is 5.89. The smallest absolute Gasteiger partial charge is 0.129 e. The minimum absolute atomic E-state index is 0.0244. The Labute approximate surface area is 77.8 Å². The predicted octanol–water partition coefficient (Wildman–Crippen LogP) is 2.39. The molecule has 0 aliphatic rings. The van der Waals surface area contributed by atoms with Crippen molar-refractivity contribution < 1.29 is 0 Å². The molecular formula is C9H13ClN2. The molecule has 12 heavy (non-hydrogen) atoms. The molecule has 66 valence electrons. The third-order valence-electron chi connectivity index (χ3n) is 1.80. The molecule has 0 aromatic carbocycles. The van der Waals surface area contributed by atoms with Crippen LogP contribution in [0.25, 0.3) is 0 Å². The van der Waals surface area contributed by atoms with Gasteiger partial charge in [-0.15, -0.1) is 0 Å². The summed E-state index contributed by atoms with van der Waals surface area (Å²) in [7, 11) is 0. The van der Waals surface area contributed by atoms with Gasteiger partial charge < -0.3 is 5.73 Å². The van der Waals surface area contributed by atoms with Gasteiger partial charge in [-0.2, -0.15) is 0 Å². The standard InChI is InChI=1S/C9H13ClN2/c1-6(2)9(11)7-4-3-5-8(10)12-7/h3-6,9H,11H2,1-2H3. The van der Waals surface area contributed by atoms with Crippen molar-refractivity contribution >= 4 is 11.6 Å². The zero-order valence-electron chi connectivity index (χ0n) is 7.29. The molecule has 3 heteroatoms. The van der Waals surface area contributed by atoms with Crippen LogP contribution < -0.4 is 5.73 Å². The first kappa shape index (κ1) is 9.49. The summed E-state index contributed by atoms with van der Waals surface area (Å²) in [6.45, 7) is 4.13. The molecule has 0 spiro atoms. The molecule has 1 atom stereocenters. The molecule has 0 saturated heterocycles. The Kier molecular flexibility index (Phi) is 3.06. The number of nitrogens with zero attached hydrogens (tertiary/aromatic N) is 1. The fourth-order valence-electron chi connectivity index (χ4n) is 0.951. The van der Waals surface area contributed by atoms with Gasteiger partial charge in [-0.1, -0.05) is 31.5 Å². The van der Waals surface area contributed by atoms with Crippen molar-refractivity contribution in [3.8, 4) is 0 Å². The summed E-state index contributed by atoms with van der Waals surface area (Å²) in [6.07, 6.45) is 0. The van der Waals surface area contributed by atoms with Gasteiger partial charge in [0.05, 0.1) is 5.69 Å². The van der Waals surface area contributed by atoms with Crippen LogP contribution in [0.15, 0.2) is 18.2 Å². The van der Waals surface area contributed by atoms with Crippen molar-refractivity contribution in [2.75, 3.05) is 0 Å². The van der Waals surface area contributed by atoms with E-state index in [4.69, 9.17) is 17.3 Å². The van der Waals surface area contributed by atoms with Crippen LogP contribution in [0.5, 0.6) is 0 Å². The summed E-state index contributed by atoms with van der Waals surface area (Å²) in [6, 6.07) is 5.49. The van der Waals surface area contributed by atoms with Gasteiger partial charge in [0.2, 0.25) is 0 Å². The molecule has 0 fully saturated rings. The Morgan fingerprint density at radius 3 is 2.58 bits per heavy atom. The minimum atomic E-state index is -0.0244. The lowest BCUT2D eigenvalue weighted by atomic mass is 10.0. The highest BCUT2D eigenvalue weighted by atomic mass is 35.5. The normalized spacial score (nSPS) is 13.4. The summed E-state index contributed by atoms with van der Waals surface area (Å²) in [4.78, 5) is 4.13. The lowest BCUT2D eigenvalue weighted by molar-refractivity contribution is 0.503. The summed E-state index contributed by atoms with van der Waals surface area (Å²) in [5, 5.41) is 0.503. The number of hydrogen-bond donors (Lipinski definition) is 1. The van der Waals surface area contributed by atoms with Crippen LogP contribution in [0.4, 0.5) is 0 Å². The zero-order chi connectivity index (χ0) is 9.14. The van der Waals surface area contributed by atoms with E-state index in [2.05, 4.69) is 18.8 Å². The molecule has 0 aliphatic carbocycles. The van der Waals surface area contributed by atoms with Gasteiger partial charge in [0, 0.05) is 6.04 Å². The first-order valence-corrected chi connectivity index (χ1v) is 4.37. The average molecular weight is 185 g/mol. The van der Waals surface area contributed by atoms with E-state index in [9.17, 15) is 0 Å². The molecule has 1 rings (SSSR count). The molecule has 0 saturated carbocycles. The first-order chi connectivity index (χ1) is 5.61. The lowest BCUT2D eigenvalue weighted by Crippen LogP contribution is -2.17. The van der Waals surface area contributed by atoms with Gasteiger partial charge in [0.1, 0.15) is 5.15 Å². The van der Waals surface area contributed by atoms with Crippen molar-refractivity contribution in [1.82, 2.24) is 4.98 Å². The van der Waals surface area contributed by atoms with Gasteiger partial charge in [-0.3, -0.25) is 0 Å². The van der Waals surface area contributed by atoms with E-state index >= 15 is 0 Å². The second-order valence-corrected chi connectivity index (χ2v) is 3.54. The van der Waals surface area contributed by atoms with Crippen molar-refractivity contribution in [2.24, 2.45) is 11.7 Å². The highest BCUT2D eigenvalue weighted by Gasteiger charge is 2.11. The molecule has 2 N–H and O–H groups in total. The van der Waals surface area contributed by atoms with Crippen molar-refractivity contribution in [2.45, 2.75) is 19.9 Å². The number of hydrogen-bond acceptors (Lipinski definition) is 2. The Balaban J connectivity index is 2.88. The fourth-order valence-corrected chi connectivity index (χ4v) is 1.12. The third kappa shape index (κ3) is 2.19. The van der Waals surface area contributed by atoms with Crippen LogP contribution in [0, 0.1) is 5.92 Å². The van der Waals surface area contributed by atoms with Gasteiger partial charge in [-0.05, 0) is 18.1 Å². The topological polar surface area (TPSA) is 38.9 Å². The Bertz CT molecular complexity index is 260. The predicted molar refractivity (Wildman–Crippen MR) is 51.0 cm³/mol. The number of aromatic nitrogens is 1. The van der Waals surface area contributed by atoms with E-state index in [1.54, 1.807) is 6.07 Å². The van der Waals surface area contributed by atoms with E-state index in [-0.39, 0.29) is 6.04 Å². The van der Waals surface area contributed by atoms with Gasteiger partial charge in [-0.25, -0.2) is 4.98 Å². The lowest BCUT2D eigenvalue weighted by Gasteiger charge is -2.14. The molecule has 0 radical (unpaired) electrons. The highest BCUT2D eigenvalue weighted by molar-refractivity contribution is 6.29. The maximum Gasteiger partial charge on any atom is 0.129 e. The van der Waals surface area contributed by atoms with Crippen LogP contribution in [0.1, 0.15) is 25.6 Å². The quantitative estimate of drug-likeness (QED) is 0.717. The Morgan fingerprint density at radius 1 is 1.42 bits per heavy atom. The Hall–Kier alpha value is -0.600. The van der Waals surface area contributed by atoms with E-state index < -0.39 is 0 Å². The van der Waals surface area contributed by atoms with Crippen LogP contribution >= 0.6 is 11.6 Å². The monoisotopic (exact) mass is 184 g/mol. The maximum atomic E-state index is 5.89. The summed E-state index contributed by atoms with van der Waals surface area (Å²) in [5.74, 6) is 0.385. The minimum Gasteiger partial charge on any atom is -0.322 e. The van der Waals surface area contributed by atoms with Crippen molar-refractivity contribution in [3.05, 3.63) is 29.0 Å². The fraction of sp³-hybridized carbons (Fsp3) is 0.444. The summed E-state index contributed by atoms with van der Waals surface area (Å²) >= 11 is 5.73. The van der Waals surface area contributed by atoms with Gasteiger partial charge in [0.25, 0.3) is 0 Å². The van der Waals surface area contributed by atoms with Gasteiger partial charge in [0.15, 0.2) is 0 Å². The SMILES string of the molecule is CC(C)C(N)c1cccc(Cl)n1. The van der Waals surface area contributed by atoms with E-state index in [0.29, 0.717) is 11.1 Å². The average Bonchev–Trinajstić information content (AvgIpc) is 2.03. The molecule has 0 bridgehead atoms. The number of rotatable bonds is 2. The van der Waals surface area contributed by atoms with Crippen molar-refractivity contribution in [1.29, 1.82) is 0 Å². The third-order valence-corrected chi connectivity index (χ3v) is 2.01. The van der Waals surface area contributed by atoms with Crippen LogP contribution in [0.3, 0.4) is 0 Å². The highest BCUT2D eigenvalue weighted by Crippen LogP contribution is 2.17. The van der Waals surface area contributed by atoms with Crippen LogP contribution in [-0.2, 0) is 0 Å². The molecule has 1 aromatic heterocycles. The molecule has 1 unspecified atom stereocenters. The van der Waals surface area contributed by atoms with Crippen LogP contribution in [0.2, 0.25) is 5.15 Å². The van der Waals surface area contributed by atoms with E-state index in [1.165, 1.54) is 0 Å². The van der Waals surface area contributed by atoms with Gasteiger partial charge >= 0.3 is 0 Å². The first-order valence-electron chi connectivity index (χ1n) is 3.99.